The molecule has 0 heterocycles. The lowest BCUT2D eigenvalue weighted by Gasteiger charge is -2.10. The minimum Gasteiger partial charge on any atom is -0.489 e. The number of rotatable bonds is 10. The molecule has 2 N–H and O–H groups in total. The molecule has 0 aliphatic carbocycles. The Morgan fingerprint density at radius 1 is 0.861 bits per heavy atom. The number of carbonyl (C=O) groups excluding carboxylic acids is 1. The molecule has 0 fully saturated rings. The predicted molar refractivity (Wildman–Crippen MR) is 143 cm³/mol. The van der Waals surface area contributed by atoms with Crippen LogP contribution in [-0.4, -0.2) is 17.0 Å². The van der Waals surface area contributed by atoms with E-state index in [2.05, 4.69) is 5.32 Å². The smallest absolute Gasteiger partial charge is 0.337 e. The highest BCUT2D eigenvalue weighted by molar-refractivity contribution is 7.99. The molecule has 0 spiro atoms. The highest BCUT2D eigenvalue weighted by Crippen LogP contribution is 2.33. The van der Waals surface area contributed by atoms with Gasteiger partial charge in [0.25, 0.3) is 0 Å². The van der Waals surface area contributed by atoms with Gasteiger partial charge in [0.15, 0.2) is 0 Å². The zero-order valence-corrected chi connectivity index (χ0v) is 20.9. The Morgan fingerprint density at radius 2 is 1.61 bits per heavy atom. The summed E-state index contributed by atoms with van der Waals surface area (Å²) in [5, 5.41) is 12.5. The van der Waals surface area contributed by atoms with Crippen LogP contribution in [0.2, 0.25) is 5.02 Å². The molecule has 182 valence electrons. The lowest BCUT2D eigenvalue weighted by Crippen LogP contribution is -2.15. The standard InChI is InChI=1S/C29H24ClNO4S/c30-26-18-24(36-23-10-6-9-22(17-23)35-19-20-7-2-1-3-8-20)15-13-21(26)14-16-28(32)31-27-12-5-4-11-25(27)29(33)34/h1-13,15,17-18H,14,16,19H2,(H,31,32)(H,33,34). The lowest BCUT2D eigenvalue weighted by atomic mass is 10.1. The van der Waals surface area contributed by atoms with Crippen molar-refractivity contribution >= 4 is 40.9 Å². The number of halogens is 1. The number of amides is 1. The first-order valence-corrected chi connectivity index (χ1v) is 12.5. The number of carboxylic acids is 1. The summed E-state index contributed by atoms with van der Waals surface area (Å²) in [7, 11) is 0. The van der Waals surface area contributed by atoms with Crippen molar-refractivity contribution in [2.45, 2.75) is 29.2 Å². The van der Waals surface area contributed by atoms with Crippen molar-refractivity contribution in [1.82, 2.24) is 0 Å². The Labute approximate surface area is 219 Å². The molecule has 0 radical (unpaired) electrons. The quantitative estimate of drug-likeness (QED) is 0.230. The Kier molecular flexibility index (Phi) is 8.66. The Morgan fingerprint density at radius 3 is 2.39 bits per heavy atom. The average Bonchev–Trinajstić information content (AvgIpc) is 2.88. The maximum atomic E-state index is 12.4. The number of aromatic carboxylic acids is 1. The van der Waals surface area contributed by atoms with Gasteiger partial charge in [-0.05, 0) is 60.0 Å². The fraction of sp³-hybridized carbons (Fsp3) is 0.103. The van der Waals surface area contributed by atoms with Crippen molar-refractivity contribution in [2.24, 2.45) is 0 Å². The van der Waals surface area contributed by atoms with Crippen LogP contribution in [0.15, 0.2) is 107 Å². The van der Waals surface area contributed by atoms with E-state index in [9.17, 15) is 14.7 Å². The molecule has 7 heteroatoms. The number of anilines is 1. The molecule has 0 saturated carbocycles. The van der Waals surface area contributed by atoms with Gasteiger partial charge in [0.2, 0.25) is 5.91 Å². The molecular weight excluding hydrogens is 494 g/mol. The molecule has 0 aliphatic heterocycles. The molecule has 4 rings (SSSR count). The van der Waals surface area contributed by atoms with E-state index in [1.807, 2.05) is 72.8 Å². The summed E-state index contributed by atoms with van der Waals surface area (Å²) >= 11 is 8.08. The van der Waals surface area contributed by atoms with E-state index < -0.39 is 5.97 Å². The average molecular weight is 518 g/mol. The van der Waals surface area contributed by atoms with Crippen LogP contribution < -0.4 is 10.1 Å². The summed E-state index contributed by atoms with van der Waals surface area (Å²) in [5.41, 5.74) is 2.29. The minimum atomic E-state index is -1.09. The van der Waals surface area contributed by atoms with E-state index in [4.69, 9.17) is 16.3 Å². The van der Waals surface area contributed by atoms with Crippen LogP contribution in [0.1, 0.15) is 27.9 Å². The van der Waals surface area contributed by atoms with Crippen LogP contribution in [-0.2, 0) is 17.8 Å². The molecule has 0 aliphatic rings. The van der Waals surface area contributed by atoms with Crippen LogP contribution in [0.4, 0.5) is 5.69 Å². The van der Waals surface area contributed by atoms with Crippen molar-refractivity contribution in [3.63, 3.8) is 0 Å². The first-order chi connectivity index (χ1) is 17.5. The van der Waals surface area contributed by atoms with E-state index in [0.717, 1.165) is 26.7 Å². The molecular formula is C29H24ClNO4S. The summed E-state index contributed by atoms with van der Waals surface area (Å²) in [6.45, 7) is 0.505. The van der Waals surface area contributed by atoms with Gasteiger partial charge in [0.1, 0.15) is 12.4 Å². The van der Waals surface area contributed by atoms with E-state index in [1.165, 1.54) is 6.07 Å². The van der Waals surface area contributed by atoms with Gasteiger partial charge < -0.3 is 15.2 Å². The number of para-hydroxylation sites is 1. The first kappa shape index (κ1) is 25.4. The fourth-order valence-corrected chi connectivity index (χ4v) is 4.78. The predicted octanol–water partition coefficient (Wildman–Crippen LogP) is 7.34. The molecule has 5 nitrogen and oxygen atoms in total. The highest BCUT2D eigenvalue weighted by atomic mass is 35.5. The minimum absolute atomic E-state index is 0.0554. The van der Waals surface area contributed by atoms with Gasteiger partial charge in [-0.3, -0.25) is 4.79 Å². The fourth-order valence-electron chi connectivity index (χ4n) is 3.54. The lowest BCUT2D eigenvalue weighted by molar-refractivity contribution is -0.116. The van der Waals surface area contributed by atoms with Crippen molar-refractivity contribution in [3.05, 3.63) is 119 Å². The number of hydrogen-bond acceptors (Lipinski definition) is 4. The summed E-state index contributed by atoms with van der Waals surface area (Å²) in [6.07, 6.45) is 0.620. The molecule has 0 saturated heterocycles. The molecule has 36 heavy (non-hydrogen) atoms. The van der Waals surface area contributed by atoms with Crippen LogP contribution in [0.3, 0.4) is 0 Å². The van der Waals surface area contributed by atoms with Gasteiger partial charge in [0, 0.05) is 21.2 Å². The third kappa shape index (κ3) is 7.13. The van der Waals surface area contributed by atoms with Crippen LogP contribution in [0, 0.1) is 0 Å². The molecule has 0 atom stereocenters. The molecule has 0 aromatic heterocycles. The Hall–Kier alpha value is -3.74. The first-order valence-electron chi connectivity index (χ1n) is 11.3. The molecule has 4 aromatic rings. The number of nitrogens with one attached hydrogen (secondary N) is 1. The number of carboxylic acid groups (broad SMARTS) is 1. The van der Waals surface area contributed by atoms with Crippen LogP contribution >= 0.6 is 23.4 Å². The van der Waals surface area contributed by atoms with Gasteiger partial charge in [-0.1, -0.05) is 78.0 Å². The number of carbonyl (C=O) groups is 2. The maximum absolute atomic E-state index is 12.4. The van der Waals surface area contributed by atoms with Gasteiger partial charge in [-0.2, -0.15) is 0 Å². The second kappa shape index (κ2) is 12.3. The Bertz CT molecular complexity index is 1360. The summed E-state index contributed by atoms with van der Waals surface area (Å²) < 4.78 is 5.92. The summed E-state index contributed by atoms with van der Waals surface area (Å²) in [5.74, 6) is -0.567. The number of hydrogen-bond donors (Lipinski definition) is 2. The molecule has 4 aromatic carbocycles. The molecule has 0 bridgehead atoms. The van der Waals surface area contributed by atoms with Gasteiger partial charge in [-0.25, -0.2) is 4.79 Å². The van der Waals surface area contributed by atoms with E-state index in [1.54, 1.807) is 30.0 Å². The second-order valence-corrected chi connectivity index (χ2v) is 9.56. The normalized spacial score (nSPS) is 10.6. The highest BCUT2D eigenvalue weighted by Gasteiger charge is 2.13. The van der Waals surface area contributed by atoms with E-state index in [0.29, 0.717) is 18.1 Å². The maximum Gasteiger partial charge on any atom is 0.337 e. The van der Waals surface area contributed by atoms with E-state index >= 15 is 0 Å². The van der Waals surface area contributed by atoms with Crippen molar-refractivity contribution in [2.75, 3.05) is 5.32 Å². The zero-order chi connectivity index (χ0) is 25.3. The zero-order valence-electron chi connectivity index (χ0n) is 19.3. The van der Waals surface area contributed by atoms with E-state index in [-0.39, 0.29) is 23.6 Å². The third-order valence-corrected chi connectivity index (χ3v) is 6.70. The van der Waals surface area contributed by atoms with Crippen LogP contribution in [0.25, 0.3) is 0 Å². The monoisotopic (exact) mass is 517 g/mol. The van der Waals surface area contributed by atoms with Crippen molar-refractivity contribution < 1.29 is 19.4 Å². The summed E-state index contributed by atoms with van der Waals surface area (Å²) in [4.78, 5) is 25.7. The van der Waals surface area contributed by atoms with Crippen molar-refractivity contribution in [1.29, 1.82) is 0 Å². The Balaban J connectivity index is 1.33. The van der Waals surface area contributed by atoms with Gasteiger partial charge >= 0.3 is 5.97 Å². The largest absolute Gasteiger partial charge is 0.489 e. The number of ether oxygens (including phenoxy) is 1. The topological polar surface area (TPSA) is 75.6 Å². The SMILES string of the molecule is O=C(CCc1ccc(Sc2cccc(OCc3ccccc3)c2)cc1Cl)Nc1ccccc1C(=O)O. The molecule has 1 amide bonds. The third-order valence-electron chi connectivity index (χ3n) is 5.37. The van der Waals surface area contributed by atoms with Gasteiger partial charge in [-0.15, -0.1) is 0 Å². The van der Waals surface area contributed by atoms with Crippen LogP contribution in [0.5, 0.6) is 5.75 Å². The second-order valence-electron chi connectivity index (χ2n) is 8.00. The van der Waals surface area contributed by atoms with Gasteiger partial charge in [0.05, 0.1) is 11.3 Å². The summed E-state index contributed by atoms with van der Waals surface area (Å²) in [6, 6.07) is 30.0. The number of aryl methyl sites for hydroxylation is 1. The number of benzene rings is 4. The molecule has 0 unspecified atom stereocenters. The van der Waals surface area contributed by atoms with Crippen molar-refractivity contribution in [3.8, 4) is 5.75 Å².